The molecule has 3 fully saturated rings. The Morgan fingerprint density at radius 3 is 2.22 bits per heavy atom. The van der Waals surface area contributed by atoms with E-state index in [0.717, 1.165) is 37.4 Å². The lowest BCUT2D eigenvalue weighted by Crippen LogP contribution is -2.81. The molecule has 3 aliphatic carbocycles. The monoisotopic (exact) mass is 851 g/mol. The molecular formula is C45H57NO13S. The summed E-state index contributed by atoms with van der Waals surface area (Å²) in [5.41, 5.74) is -7.00. The number of esters is 3. The number of aliphatic hydroxyl groups excluding tert-OH is 3. The molecule has 326 valence electrons. The zero-order chi connectivity index (χ0) is 43.8. The average Bonchev–Trinajstić information content (AvgIpc) is 3.21. The van der Waals surface area contributed by atoms with Crippen LogP contribution in [0.25, 0.3) is 0 Å². The van der Waals surface area contributed by atoms with Crippen molar-refractivity contribution in [3.05, 3.63) is 82.9 Å². The second-order valence-corrected chi connectivity index (χ2v) is 18.3. The molecule has 1 aliphatic heterocycles. The predicted molar refractivity (Wildman–Crippen MR) is 219 cm³/mol. The maximum atomic E-state index is 15.0. The van der Waals surface area contributed by atoms with Crippen LogP contribution in [0.3, 0.4) is 0 Å². The van der Waals surface area contributed by atoms with Gasteiger partial charge in [-0.2, -0.15) is 0 Å². The van der Waals surface area contributed by atoms with Crippen LogP contribution in [0.1, 0.15) is 102 Å². The fraction of sp³-hybridized carbons (Fsp3) is 0.578. The second kappa shape index (κ2) is 17.7. The molecule has 15 heteroatoms. The maximum Gasteiger partial charge on any atom is 0.338 e. The van der Waals surface area contributed by atoms with Gasteiger partial charge < -0.3 is 44.7 Å². The van der Waals surface area contributed by atoms with Gasteiger partial charge in [0.1, 0.15) is 30.0 Å². The van der Waals surface area contributed by atoms with Crippen molar-refractivity contribution < 1.29 is 63.3 Å². The van der Waals surface area contributed by atoms with Gasteiger partial charge >= 0.3 is 17.9 Å². The number of ether oxygens (including phenoxy) is 4. The van der Waals surface area contributed by atoms with Crippen molar-refractivity contribution in [3.8, 4) is 0 Å². The van der Waals surface area contributed by atoms with Crippen molar-refractivity contribution in [2.45, 2.75) is 134 Å². The van der Waals surface area contributed by atoms with Crippen molar-refractivity contribution in [3.63, 3.8) is 0 Å². The van der Waals surface area contributed by atoms with Gasteiger partial charge in [-0.05, 0) is 49.1 Å². The molecule has 1 heterocycles. The van der Waals surface area contributed by atoms with E-state index in [2.05, 4.69) is 12.2 Å². The maximum absolute atomic E-state index is 15.0. The molecule has 0 aromatic heterocycles. The van der Waals surface area contributed by atoms with Gasteiger partial charge in [-0.25, -0.2) is 9.59 Å². The molecule has 5 N–H and O–H groups in total. The highest BCUT2D eigenvalue weighted by Gasteiger charge is 2.78. The summed E-state index contributed by atoms with van der Waals surface area (Å²) < 4.78 is 24.2. The Balaban J connectivity index is 1.43. The third kappa shape index (κ3) is 7.93. The van der Waals surface area contributed by atoms with Gasteiger partial charge in [0.15, 0.2) is 17.5 Å². The van der Waals surface area contributed by atoms with Gasteiger partial charge in [0.2, 0.25) is 0 Å². The van der Waals surface area contributed by atoms with Crippen molar-refractivity contribution >= 4 is 40.7 Å². The third-order valence-electron chi connectivity index (χ3n) is 13.4. The molecule has 0 unspecified atom stereocenters. The molecule has 0 spiro atoms. The molecule has 4 aliphatic rings. The summed E-state index contributed by atoms with van der Waals surface area (Å²) >= 11 is 1.04. The smallest absolute Gasteiger partial charge is 0.338 e. The van der Waals surface area contributed by atoms with Crippen LogP contribution in [0.4, 0.5) is 4.79 Å². The van der Waals surface area contributed by atoms with Gasteiger partial charge in [-0.3, -0.25) is 14.4 Å². The normalized spacial score (nSPS) is 32.7. The van der Waals surface area contributed by atoms with Crippen LogP contribution in [-0.2, 0) is 33.3 Å². The minimum absolute atomic E-state index is 0.0397. The lowest BCUT2D eigenvalue weighted by molar-refractivity contribution is -0.346. The summed E-state index contributed by atoms with van der Waals surface area (Å²) in [7, 11) is 0. The molecule has 1 saturated heterocycles. The van der Waals surface area contributed by atoms with Crippen molar-refractivity contribution in [2.75, 3.05) is 12.4 Å². The highest BCUT2D eigenvalue weighted by molar-refractivity contribution is 8.13. The van der Waals surface area contributed by atoms with Crippen LogP contribution in [0.5, 0.6) is 0 Å². The number of fused-ring (bicyclic) bond motifs is 5. The molecular weight excluding hydrogens is 795 g/mol. The first-order valence-corrected chi connectivity index (χ1v) is 21.6. The Morgan fingerprint density at radius 2 is 1.62 bits per heavy atom. The fourth-order valence-electron chi connectivity index (χ4n) is 9.99. The predicted octanol–water partition coefficient (Wildman–Crippen LogP) is 4.76. The van der Waals surface area contributed by atoms with Gasteiger partial charge in [-0.1, -0.05) is 100 Å². The topological polar surface area (TPSA) is 215 Å². The van der Waals surface area contributed by atoms with E-state index in [4.69, 9.17) is 18.9 Å². The zero-order valence-electron chi connectivity index (χ0n) is 34.9. The molecule has 0 radical (unpaired) electrons. The van der Waals surface area contributed by atoms with E-state index in [1.54, 1.807) is 62.4 Å². The number of carbonyl (C=O) groups excluding carboxylic acids is 5. The first-order valence-electron chi connectivity index (χ1n) is 20.6. The Bertz CT molecular complexity index is 1970. The molecule has 2 aromatic rings. The minimum atomic E-state index is -2.33. The summed E-state index contributed by atoms with van der Waals surface area (Å²) in [5, 5.41) is 51.5. The van der Waals surface area contributed by atoms with E-state index in [-0.39, 0.29) is 29.7 Å². The molecule has 60 heavy (non-hydrogen) atoms. The van der Waals surface area contributed by atoms with Crippen LogP contribution in [-0.4, -0.2) is 110 Å². The molecule has 11 atom stereocenters. The Morgan fingerprint density at radius 1 is 0.967 bits per heavy atom. The second-order valence-electron chi connectivity index (χ2n) is 17.3. The number of nitrogens with one attached hydrogen (secondary N) is 1. The Hall–Kier alpha value is -4.12. The number of Topliss-reactive ketones (excluding diaryl/α,β-unsaturated/α-hetero) is 1. The first kappa shape index (κ1) is 45.4. The summed E-state index contributed by atoms with van der Waals surface area (Å²) in [6.45, 7) is 9.04. The minimum Gasteiger partial charge on any atom is -0.456 e. The largest absolute Gasteiger partial charge is 0.456 e. The Kier molecular flexibility index (Phi) is 13.4. The van der Waals surface area contributed by atoms with E-state index < -0.39 is 106 Å². The summed E-state index contributed by atoms with van der Waals surface area (Å²) in [5.74, 6) is -4.70. The van der Waals surface area contributed by atoms with Crippen LogP contribution < -0.4 is 5.32 Å². The molecule has 2 bridgehead atoms. The molecule has 1 amide bonds. The number of amides is 1. The average molecular weight is 852 g/mol. The van der Waals surface area contributed by atoms with E-state index in [1.165, 1.54) is 32.9 Å². The number of ketones is 1. The Labute approximate surface area is 354 Å². The molecule has 2 saturated carbocycles. The van der Waals surface area contributed by atoms with Crippen LogP contribution in [0, 0.1) is 16.7 Å². The van der Waals surface area contributed by atoms with Gasteiger partial charge in [-0.15, -0.1) is 0 Å². The number of aliphatic hydroxyl groups is 4. The summed E-state index contributed by atoms with van der Waals surface area (Å²) in [6, 6.07) is 15.1. The quantitative estimate of drug-likeness (QED) is 0.0796. The van der Waals surface area contributed by atoms with Crippen molar-refractivity contribution in [2.24, 2.45) is 16.7 Å². The number of thioether (sulfide) groups is 1. The lowest BCUT2D eigenvalue weighted by Gasteiger charge is -2.67. The summed E-state index contributed by atoms with van der Waals surface area (Å²) in [6.07, 6.45) is -6.50. The van der Waals surface area contributed by atoms with Crippen LogP contribution in [0.2, 0.25) is 0 Å². The fourth-order valence-corrected chi connectivity index (χ4v) is 10.7. The lowest BCUT2D eigenvalue weighted by atomic mass is 9.44. The SMILES string of the molecule is CCCCCCSC(=O)N[C@@H](c1ccccc1)[C@@H](O)C(=O)O[C@H]1C[C@@]2(O)[C@@H](OC(=O)c3ccccc3)[C@@H]3[C@]4(OC(C)=O)CO[C@@H]4C[C@H](O)[C@@]3(C)C(=O)[C@H](O)C(=C1C)C2(C)C. The van der Waals surface area contributed by atoms with E-state index in [9.17, 15) is 44.4 Å². The highest BCUT2D eigenvalue weighted by Crippen LogP contribution is 2.64. The molecule has 6 rings (SSSR count). The van der Waals surface area contributed by atoms with Crippen LogP contribution in [0.15, 0.2) is 71.8 Å². The van der Waals surface area contributed by atoms with E-state index in [1.807, 2.05) is 0 Å². The standard InChI is InChI=1S/C45H57NO13S/c1-7-8-9-16-21-60-41(54)46-33(27-17-12-10-13-18-27)35(50)40(53)57-29-23-45(55)38(58-39(52)28-19-14-11-15-20-28)36-43(6,37(51)34(49)32(25(29)2)42(45,4)5)30(48)22-31-44(36,24-56-31)59-26(3)47/h10-15,17-20,29-31,33-36,38,48-50,55H,7-9,16,21-24H2,1-6H3,(H,46,54)/t29-,30-,31+,33-,34+,35+,36-,38-,43+,44-,45+/m0/s1. The van der Waals surface area contributed by atoms with Gasteiger partial charge in [0.25, 0.3) is 5.24 Å². The van der Waals surface area contributed by atoms with Crippen molar-refractivity contribution in [1.82, 2.24) is 5.32 Å². The molecule has 14 nitrogen and oxygen atoms in total. The van der Waals surface area contributed by atoms with Crippen LogP contribution >= 0.6 is 11.8 Å². The van der Waals surface area contributed by atoms with Gasteiger partial charge in [0, 0.05) is 30.9 Å². The van der Waals surface area contributed by atoms with E-state index in [0.29, 0.717) is 11.3 Å². The molecule has 2 aromatic carbocycles. The zero-order valence-corrected chi connectivity index (χ0v) is 35.7. The number of hydrogen-bond donors (Lipinski definition) is 5. The first-order chi connectivity index (χ1) is 28.3. The highest BCUT2D eigenvalue weighted by atomic mass is 32.2. The summed E-state index contributed by atoms with van der Waals surface area (Å²) in [4.78, 5) is 69.3. The van der Waals surface area contributed by atoms with Crippen molar-refractivity contribution in [1.29, 1.82) is 0 Å². The third-order valence-corrected chi connectivity index (χ3v) is 14.3. The number of carbonyl (C=O) groups is 5. The van der Waals surface area contributed by atoms with E-state index >= 15 is 0 Å². The number of unbranched alkanes of at least 4 members (excludes halogenated alkanes) is 3. The number of hydrogen-bond acceptors (Lipinski definition) is 14. The number of rotatable bonds is 13. The number of benzene rings is 2. The van der Waals surface area contributed by atoms with Gasteiger partial charge in [0.05, 0.1) is 35.6 Å².